The minimum absolute atomic E-state index is 0.0709. The fourth-order valence-corrected chi connectivity index (χ4v) is 2.46. The maximum absolute atomic E-state index is 12.1. The van der Waals surface area contributed by atoms with Gasteiger partial charge in [0.1, 0.15) is 5.75 Å². The fraction of sp³-hybridized carbons (Fsp3) is 0.500. The zero-order valence-electron chi connectivity index (χ0n) is 9.47. The van der Waals surface area contributed by atoms with Gasteiger partial charge >= 0.3 is 0 Å². The number of hydrogen-bond donors (Lipinski definition) is 2. The first-order valence-electron chi connectivity index (χ1n) is 5.81. The molecule has 3 rings (SSSR count). The van der Waals surface area contributed by atoms with Crippen LogP contribution in [0.2, 0.25) is 0 Å². The smallest absolute Gasteiger partial charge is 0.257 e. The molecule has 1 aliphatic heterocycles. The summed E-state index contributed by atoms with van der Waals surface area (Å²) in [4.78, 5) is 17.5. The van der Waals surface area contributed by atoms with Gasteiger partial charge in [-0.1, -0.05) is 0 Å². The van der Waals surface area contributed by atoms with Crippen molar-refractivity contribution in [3.05, 3.63) is 24.0 Å². The van der Waals surface area contributed by atoms with Crippen molar-refractivity contribution in [2.75, 3.05) is 13.1 Å². The van der Waals surface area contributed by atoms with E-state index >= 15 is 0 Å². The lowest BCUT2D eigenvalue weighted by Gasteiger charge is -2.48. The third-order valence-electron chi connectivity index (χ3n) is 3.68. The van der Waals surface area contributed by atoms with Crippen LogP contribution in [0.25, 0.3) is 0 Å². The van der Waals surface area contributed by atoms with Crippen molar-refractivity contribution in [1.82, 2.24) is 9.88 Å². The number of pyridine rings is 1. The number of nitrogens with two attached hydrogens (primary N) is 1. The molecule has 1 saturated carbocycles. The predicted octanol–water partition coefficient (Wildman–Crippen LogP) is 0.350. The zero-order chi connectivity index (χ0) is 12.0. The summed E-state index contributed by atoms with van der Waals surface area (Å²) in [6, 6.07) is 1.53. The van der Waals surface area contributed by atoms with E-state index in [2.05, 4.69) is 4.98 Å². The molecule has 0 bridgehead atoms. The molecule has 2 aliphatic rings. The average molecular weight is 233 g/mol. The normalized spacial score (nSPS) is 22.1. The van der Waals surface area contributed by atoms with Crippen LogP contribution in [-0.2, 0) is 0 Å². The van der Waals surface area contributed by atoms with E-state index in [9.17, 15) is 9.90 Å². The van der Waals surface area contributed by atoms with Crippen LogP contribution in [0.5, 0.6) is 5.75 Å². The van der Waals surface area contributed by atoms with Crippen molar-refractivity contribution in [2.45, 2.75) is 18.4 Å². The van der Waals surface area contributed by atoms with Crippen molar-refractivity contribution < 1.29 is 9.90 Å². The summed E-state index contributed by atoms with van der Waals surface area (Å²) in [7, 11) is 0. The molecule has 0 aromatic carbocycles. The van der Waals surface area contributed by atoms with Gasteiger partial charge in [-0.05, 0) is 24.8 Å². The molecule has 90 valence electrons. The Hall–Kier alpha value is -1.62. The third kappa shape index (κ3) is 1.67. The minimum Gasteiger partial charge on any atom is -0.505 e. The average Bonchev–Trinajstić information content (AvgIpc) is 3.08. The summed E-state index contributed by atoms with van der Waals surface area (Å²) in [6.45, 7) is 1.19. The van der Waals surface area contributed by atoms with E-state index in [-0.39, 0.29) is 17.2 Å². The Kier molecular flexibility index (Phi) is 2.13. The van der Waals surface area contributed by atoms with Gasteiger partial charge in [0.25, 0.3) is 5.91 Å². The van der Waals surface area contributed by atoms with E-state index in [4.69, 9.17) is 5.73 Å². The first-order valence-corrected chi connectivity index (χ1v) is 5.81. The summed E-state index contributed by atoms with van der Waals surface area (Å²) in [5.41, 5.74) is 6.31. The molecular weight excluding hydrogens is 218 g/mol. The Morgan fingerprint density at radius 1 is 1.53 bits per heavy atom. The number of nitrogens with zero attached hydrogens (tertiary/aromatic N) is 2. The van der Waals surface area contributed by atoms with Gasteiger partial charge < -0.3 is 15.7 Å². The number of carbonyl (C=O) groups is 1. The molecule has 1 aliphatic carbocycles. The van der Waals surface area contributed by atoms with Gasteiger partial charge in [0.2, 0.25) is 0 Å². The van der Waals surface area contributed by atoms with Crippen molar-refractivity contribution in [2.24, 2.45) is 11.7 Å². The van der Waals surface area contributed by atoms with Crippen LogP contribution in [0, 0.1) is 5.92 Å². The third-order valence-corrected chi connectivity index (χ3v) is 3.68. The number of rotatable bonds is 2. The second-order valence-corrected chi connectivity index (χ2v) is 5.06. The Labute approximate surface area is 99.2 Å². The topological polar surface area (TPSA) is 79.5 Å². The number of carbonyl (C=O) groups excluding carboxylic acids is 1. The van der Waals surface area contributed by atoms with Gasteiger partial charge in [0.15, 0.2) is 0 Å². The highest BCUT2D eigenvalue weighted by Gasteiger charge is 2.51. The molecule has 2 fully saturated rings. The van der Waals surface area contributed by atoms with E-state index in [0.717, 1.165) is 0 Å². The van der Waals surface area contributed by atoms with Crippen LogP contribution in [0.1, 0.15) is 23.2 Å². The lowest BCUT2D eigenvalue weighted by Crippen LogP contribution is -2.69. The van der Waals surface area contributed by atoms with Gasteiger partial charge in [-0.15, -0.1) is 0 Å². The molecule has 1 amide bonds. The molecule has 3 N–H and O–H groups in total. The summed E-state index contributed by atoms with van der Waals surface area (Å²) >= 11 is 0. The van der Waals surface area contributed by atoms with Gasteiger partial charge in [-0.25, -0.2) is 0 Å². The Morgan fingerprint density at radius 2 is 2.24 bits per heavy atom. The molecule has 1 saturated heterocycles. The zero-order valence-corrected chi connectivity index (χ0v) is 9.47. The van der Waals surface area contributed by atoms with Gasteiger partial charge in [0.05, 0.1) is 17.3 Å². The largest absolute Gasteiger partial charge is 0.505 e. The molecule has 5 heteroatoms. The van der Waals surface area contributed by atoms with Crippen molar-refractivity contribution in [3.8, 4) is 5.75 Å². The van der Waals surface area contributed by atoms with Gasteiger partial charge in [-0.2, -0.15) is 0 Å². The van der Waals surface area contributed by atoms with Crippen molar-refractivity contribution >= 4 is 5.91 Å². The van der Waals surface area contributed by atoms with Crippen LogP contribution >= 0.6 is 0 Å². The number of amides is 1. The molecule has 17 heavy (non-hydrogen) atoms. The number of aromatic nitrogens is 1. The Bertz CT molecular complexity index is 465. The molecule has 0 unspecified atom stereocenters. The first-order chi connectivity index (χ1) is 8.10. The highest BCUT2D eigenvalue weighted by molar-refractivity contribution is 5.97. The van der Waals surface area contributed by atoms with Crippen LogP contribution in [0.4, 0.5) is 0 Å². The van der Waals surface area contributed by atoms with E-state index in [1.807, 2.05) is 0 Å². The second-order valence-electron chi connectivity index (χ2n) is 5.06. The maximum atomic E-state index is 12.1. The highest BCUT2D eigenvalue weighted by Crippen LogP contribution is 2.43. The van der Waals surface area contributed by atoms with E-state index in [1.54, 1.807) is 4.90 Å². The van der Waals surface area contributed by atoms with Gasteiger partial charge in [-0.3, -0.25) is 9.78 Å². The molecule has 0 atom stereocenters. The van der Waals surface area contributed by atoms with Crippen LogP contribution in [0.15, 0.2) is 18.5 Å². The minimum atomic E-state index is -0.182. The molecule has 0 spiro atoms. The van der Waals surface area contributed by atoms with Crippen LogP contribution < -0.4 is 5.73 Å². The van der Waals surface area contributed by atoms with Crippen molar-refractivity contribution in [1.29, 1.82) is 0 Å². The fourth-order valence-electron chi connectivity index (χ4n) is 2.46. The highest BCUT2D eigenvalue weighted by atomic mass is 16.3. The standard InChI is InChI=1S/C12H15N3O2/c13-12(8-1-2-8)6-15(7-12)11(17)9-3-4-14-5-10(9)16/h3-5,8,16H,1-2,6-7,13H2. The van der Waals surface area contributed by atoms with E-state index in [0.29, 0.717) is 24.6 Å². The lowest BCUT2D eigenvalue weighted by molar-refractivity contribution is 0.0347. The summed E-state index contributed by atoms with van der Waals surface area (Å²) in [6.07, 6.45) is 5.14. The predicted molar refractivity (Wildman–Crippen MR) is 61.4 cm³/mol. The molecule has 2 heterocycles. The van der Waals surface area contributed by atoms with Crippen molar-refractivity contribution in [3.63, 3.8) is 0 Å². The Balaban J connectivity index is 1.71. The van der Waals surface area contributed by atoms with E-state index < -0.39 is 0 Å². The van der Waals surface area contributed by atoms with Crippen LogP contribution in [-0.4, -0.2) is 39.5 Å². The monoisotopic (exact) mass is 233 g/mol. The van der Waals surface area contributed by atoms with E-state index in [1.165, 1.54) is 31.3 Å². The Morgan fingerprint density at radius 3 is 2.82 bits per heavy atom. The summed E-state index contributed by atoms with van der Waals surface area (Å²) < 4.78 is 0. The van der Waals surface area contributed by atoms with Crippen LogP contribution in [0.3, 0.4) is 0 Å². The lowest BCUT2D eigenvalue weighted by atomic mass is 9.85. The molecule has 1 aromatic rings. The molecular formula is C12H15N3O2. The first kappa shape index (κ1) is 10.5. The number of likely N-dealkylation sites (tertiary alicyclic amines) is 1. The second kappa shape index (κ2) is 3.43. The molecule has 5 nitrogen and oxygen atoms in total. The quantitative estimate of drug-likeness (QED) is 0.772. The number of aromatic hydroxyl groups is 1. The van der Waals surface area contributed by atoms with Gasteiger partial charge in [0, 0.05) is 19.3 Å². The molecule has 1 aromatic heterocycles. The summed E-state index contributed by atoms with van der Waals surface area (Å²) in [5.74, 6) is 0.350. The SMILES string of the molecule is NC1(C2CC2)CN(C(=O)c2ccncc2O)C1. The maximum Gasteiger partial charge on any atom is 0.257 e. The summed E-state index contributed by atoms with van der Waals surface area (Å²) in [5, 5.41) is 9.56. The molecule has 0 radical (unpaired) electrons. The number of hydrogen-bond acceptors (Lipinski definition) is 4.